The van der Waals surface area contributed by atoms with Crippen LogP contribution in [0.2, 0.25) is 5.02 Å². The van der Waals surface area contributed by atoms with Crippen molar-refractivity contribution in [2.45, 2.75) is 63.8 Å². The molecule has 4 rings (SSSR count). The summed E-state index contributed by atoms with van der Waals surface area (Å²) in [5.41, 5.74) is -2.75. The number of halogens is 4. The van der Waals surface area contributed by atoms with Crippen molar-refractivity contribution < 1.29 is 32.6 Å². The van der Waals surface area contributed by atoms with E-state index in [0.717, 1.165) is 55.1 Å². The number of carbonyl (C=O) groups excluding carboxylic acids is 2. The molecule has 2 fully saturated rings. The van der Waals surface area contributed by atoms with E-state index in [9.17, 15) is 27.9 Å². The molecule has 1 atom stereocenters. The zero-order valence-corrected chi connectivity index (χ0v) is 25.9. The molecule has 0 radical (unpaired) electrons. The summed E-state index contributed by atoms with van der Waals surface area (Å²) in [7, 11) is 3.37. The van der Waals surface area contributed by atoms with Gasteiger partial charge in [-0.3, -0.25) is 9.59 Å². The largest absolute Gasteiger partial charge is 0.491 e. The summed E-state index contributed by atoms with van der Waals surface area (Å²) in [6, 6.07) is 10.6. The first-order valence-corrected chi connectivity index (χ1v) is 15.2. The van der Waals surface area contributed by atoms with Crippen LogP contribution in [-0.2, 0) is 10.4 Å². The number of aliphatic hydroxyl groups is 1. The number of anilines is 1. The molecular weight excluding hydrogens is 583 g/mol. The van der Waals surface area contributed by atoms with Crippen LogP contribution in [0.25, 0.3) is 0 Å². The van der Waals surface area contributed by atoms with E-state index in [2.05, 4.69) is 4.90 Å². The summed E-state index contributed by atoms with van der Waals surface area (Å²) in [5.74, 6) is -0.549. The number of nitrogens with zero attached hydrogens (tertiary/aromatic N) is 3. The molecule has 43 heavy (non-hydrogen) atoms. The Labute approximate surface area is 256 Å². The molecule has 2 aliphatic rings. The standard InChI is InChI=1S/C32H41ClF3N3O4/c1-21(2)43-26-7-5-6-24(19-26)31(42,32(34,35)36)30(41)39-16-12-23(13-17-39)18-22-10-14-38(15-11-22)25-8-9-27(28(33)20-25)29(40)37(3)4/h5-9,19-23,42H,10-18H2,1-4H3. The van der Waals surface area contributed by atoms with Crippen molar-refractivity contribution in [2.75, 3.05) is 45.2 Å². The lowest BCUT2D eigenvalue weighted by molar-refractivity contribution is -0.262. The molecular formula is C32H41ClF3N3O4. The number of alkyl halides is 3. The van der Waals surface area contributed by atoms with Gasteiger partial charge in [0.05, 0.1) is 16.7 Å². The first-order chi connectivity index (χ1) is 20.2. The number of rotatable bonds is 8. The monoisotopic (exact) mass is 623 g/mol. The highest BCUT2D eigenvalue weighted by atomic mass is 35.5. The number of hydrogen-bond donors (Lipinski definition) is 1. The molecule has 1 unspecified atom stereocenters. The molecule has 2 aromatic carbocycles. The van der Waals surface area contributed by atoms with Crippen molar-refractivity contribution in [3.05, 3.63) is 58.6 Å². The lowest BCUT2D eigenvalue weighted by Crippen LogP contribution is -2.57. The van der Waals surface area contributed by atoms with Gasteiger partial charge in [0.25, 0.3) is 17.4 Å². The van der Waals surface area contributed by atoms with Gasteiger partial charge < -0.3 is 24.5 Å². The zero-order valence-electron chi connectivity index (χ0n) is 25.2. The smallest absolute Gasteiger partial charge is 0.430 e. The number of hydrogen-bond acceptors (Lipinski definition) is 5. The van der Waals surface area contributed by atoms with Crippen LogP contribution in [0, 0.1) is 11.8 Å². The Morgan fingerprint density at radius 3 is 2.14 bits per heavy atom. The van der Waals surface area contributed by atoms with Crippen LogP contribution < -0.4 is 9.64 Å². The molecule has 11 heteroatoms. The Balaban J connectivity index is 1.32. The second kappa shape index (κ2) is 13.3. The minimum absolute atomic E-state index is 0.142. The fraction of sp³-hybridized carbons (Fsp3) is 0.562. The summed E-state index contributed by atoms with van der Waals surface area (Å²) >= 11 is 6.41. The Morgan fingerprint density at radius 2 is 1.60 bits per heavy atom. The fourth-order valence-corrected chi connectivity index (χ4v) is 6.34. The van der Waals surface area contributed by atoms with Crippen LogP contribution in [0.1, 0.15) is 61.9 Å². The third kappa shape index (κ3) is 7.40. The van der Waals surface area contributed by atoms with E-state index in [-0.39, 0.29) is 30.9 Å². The maximum atomic E-state index is 14.3. The maximum absolute atomic E-state index is 14.3. The number of carbonyl (C=O) groups is 2. The van der Waals surface area contributed by atoms with E-state index in [1.165, 1.54) is 17.0 Å². The van der Waals surface area contributed by atoms with Gasteiger partial charge in [0.15, 0.2) is 0 Å². The first kappa shape index (κ1) is 32.9. The van der Waals surface area contributed by atoms with Crippen LogP contribution in [0.4, 0.5) is 18.9 Å². The number of likely N-dealkylation sites (tertiary alicyclic amines) is 1. The van der Waals surface area contributed by atoms with E-state index in [0.29, 0.717) is 35.3 Å². The van der Waals surface area contributed by atoms with Crippen molar-refractivity contribution in [2.24, 2.45) is 11.8 Å². The number of benzene rings is 2. The van der Waals surface area contributed by atoms with Crippen molar-refractivity contribution >= 4 is 29.1 Å². The van der Waals surface area contributed by atoms with E-state index in [1.807, 2.05) is 12.1 Å². The molecule has 236 valence electrons. The van der Waals surface area contributed by atoms with E-state index < -0.39 is 23.2 Å². The quantitative estimate of drug-likeness (QED) is 0.383. The van der Waals surface area contributed by atoms with E-state index in [1.54, 1.807) is 34.0 Å². The Bertz CT molecular complexity index is 1290. The fourth-order valence-electron chi connectivity index (χ4n) is 6.09. The summed E-state index contributed by atoms with van der Waals surface area (Å²) < 4.78 is 48.3. The van der Waals surface area contributed by atoms with Gasteiger partial charge >= 0.3 is 6.18 Å². The molecule has 2 amide bonds. The van der Waals surface area contributed by atoms with E-state index >= 15 is 0 Å². The number of piperidine rings is 2. The van der Waals surface area contributed by atoms with Gasteiger partial charge in [-0.25, -0.2) is 0 Å². The predicted molar refractivity (Wildman–Crippen MR) is 160 cm³/mol. The van der Waals surface area contributed by atoms with Crippen LogP contribution >= 0.6 is 11.6 Å². The highest BCUT2D eigenvalue weighted by Crippen LogP contribution is 2.42. The first-order valence-electron chi connectivity index (χ1n) is 14.8. The molecule has 0 spiro atoms. The summed E-state index contributed by atoms with van der Waals surface area (Å²) in [4.78, 5) is 30.4. The average molecular weight is 624 g/mol. The van der Waals surface area contributed by atoms with Gasteiger partial charge in [-0.05, 0) is 88.1 Å². The lowest BCUT2D eigenvalue weighted by Gasteiger charge is -2.40. The van der Waals surface area contributed by atoms with Crippen LogP contribution in [0.15, 0.2) is 42.5 Å². The van der Waals surface area contributed by atoms with Crippen LogP contribution in [0.5, 0.6) is 5.75 Å². The lowest BCUT2D eigenvalue weighted by atomic mass is 9.82. The maximum Gasteiger partial charge on any atom is 0.430 e. The van der Waals surface area contributed by atoms with Gasteiger partial charge in [0.2, 0.25) is 0 Å². The normalized spacial score (nSPS) is 18.5. The topological polar surface area (TPSA) is 73.3 Å². The summed E-state index contributed by atoms with van der Waals surface area (Å²) in [6.07, 6.45) is -1.40. The molecule has 0 saturated carbocycles. The van der Waals surface area contributed by atoms with Gasteiger partial charge in [0, 0.05) is 51.5 Å². The molecule has 0 bridgehead atoms. The van der Waals surface area contributed by atoms with Gasteiger partial charge in [0.1, 0.15) is 5.75 Å². The second-order valence-electron chi connectivity index (χ2n) is 12.2. The van der Waals surface area contributed by atoms with Crippen molar-refractivity contribution in [3.8, 4) is 5.75 Å². The van der Waals surface area contributed by atoms with Crippen LogP contribution in [-0.4, -0.2) is 79.3 Å². The van der Waals surface area contributed by atoms with Gasteiger partial charge in [-0.15, -0.1) is 0 Å². The molecule has 7 nitrogen and oxygen atoms in total. The Kier molecular flexibility index (Phi) is 10.2. The molecule has 2 heterocycles. The molecule has 2 aromatic rings. The number of ether oxygens (including phenoxy) is 1. The van der Waals surface area contributed by atoms with Gasteiger partial charge in [-0.1, -0.05) is 23.7 Å². The van der Waals surface area contributed by atoms with E-state index in [4.69, 9.17) is 16.3 Å². The molecule has 2 saturated heterocycles. The Hall–Kier alpha value is -2.98. The minimum Gasteiger partial charge on any atom is -0.491 e. The van der Waals surface area contributed by atoms with Crippen molar-refractivity contribution in [1.29, 1.82) is 0 Å². The predicted octanol–water partition coefficient (Wildman–Crippen LogP) is 6.12. The third-order valence-corrected chi connectivity index (χ3v) is 8.79. The highest BCUT2D eigenvalue weighted by Gasteiger charge is 2.62. The third-order valence-electron chi connectivity index (χ3n) is 8.48. The second-order valence-corrected chi connectivity index (χ2v) is 12.6. The van der Waals surface area contributed by atoms with Crippen LogP contribution in [0.3, 0.4) is 0 Å². The number of amides is 2. The average Bonchev–Trinajstić information content (AvgIpc) is 2.96. The van der Waals surface area contributed by atoms with Crippen molar-refractivity contribution in [3.63, 3.8) is 0 Å². The molecule has 2 aliphatic heterocycles. The summed E-state index contributed by atoms with van der Waals surface area (Å²) in [5, 5.41) is 11.3. The zero-order chi connectivity index (χ0) is 31.5. The van der Waals surface area contributed by atoms with Crippen molar-refractivity contribution in [1.82, 2.24) is 9.80 Å². The van der Waals surface area contributed by atoms with Gasteiger partial charge in [-0.2, -0.15) is 13.2 Å². The summed E-state index contributed by atoms with van der Waals surface area (Å²) in [6.45, 7) is 5.51. The molecule has 0 aromatic heterocycles. The Morgan fingerprint density at radius 1 is 1.00 bits per heavy atom. The minimum atomic E-state index is -5.20. The SMILES string of the molecule is CC(C)Oc1cccc(C(O)(C(=O)N2CCC(CC3CCN(c4ccc(C(=O)N(C)C)c(Cl)c4)CC3)CC2)C(F)(F)F)c1. The molecule has 0 aliphatic carbocycles. The highest BCUT2D eigenvalue weighted by molar-refractivity contribution is 6.34. The molecule has 1 N–H and O–H groups in total.